The van der Waals surface area contributed by atoms with Crippen LogP contribution in [0.3, 0.4) is 0 Å². The lowest BCUT2D eigenvalue weighted by atomic mass is 10.0. The lowest BCUT2D eigenvalue weighted by molar-refractivity contribution is -0.0498. The number of benzene rings is 1. The highest BCUT2D eigenvalue weighted by Gasteiger charge is 2.18. The number of anilines is 1. The number of hydrogen-bond acceptors (Lipinski definition) is 4. The highest BCUT2D eigenvalue weighted by Crippen LogP contribution is 2.31. The molecule has 0 bridgehead atoms. The highest BCUT2D eigenvalue weighted by atomic mass is 35.5. The van der Waals surface area contributed by atoms with Crippen LogP contribution in [0.15, 0.2) is 30.6 Å². The van der Waals surface area contributed by atoms with Crippen molar-refractivity contribution in [1.29, 1.82) is 0 Å². The van der Waals surface area contributed by atoms with Crippen molar-refractivity contribution in [3.63, 3.8) is 0 Å². The maximum absolute atomic E-state index is 13.5. The monoisotopic (exact) mass is 359 g/mol. The average Bonchev–Trinajstić information content (AvgIpc) is 2.54. The van der Waals surface area contributed by atoms with Crippen molar-refractivity contribution in [2.75, 3.05) is 5.32 Å². The van der Waals surface area contributed by atoms with Gasteiger partial charge in [-0.25, -0.2) is 14.4 Å². The van der Waals surface area contributed by atoms with E-state index in [0.29, 0.717) is 12.2 Å². The zero-order valence-electron chi connectivity index (χ0n) is 13.1. The van der Waals surface area contributed by atoms with E-state index in [-0.39, 0.29) is 22.5 Å². The van der Waals surface area contributed by atoms with Crippen LogP contribution in [0, 0.1) is 0 Å². The molecular formula is C16H17ClF3N3O. The van der Waals surface area contributed by atoms with Gasteiger partial charge in [-0.1, -0.05) is 30.7 Å². The SMILES string of the molecule is CCC(Nc1ncnc(C(C)F)c1Cl)c1ccc(OC(F)F)cc1. The molecule has 0 aliphatic rings. The van der Waals surface area contributed by atoms with E-state index in [1.165, 1.54) is 25.4 Å². The number of aromatic nitrogens is 2. The standard InChI is InChI=1S/C16H17ClF3N3O/c1-3-12(10-4-6-11(7-5-10)24-16(19)20)23-15-13(17)14(9(2)18)21-8-22-15/h4-9,12,16H,3H2,1-2H3,(H,21,22,23). The first-order valence-electron chi connectivity index (χ1n) is 7.38. The third-order valence-electron chi connectivity index (χ3n) is 3.42. The molecule has 130 valence electrons. The zero-order chi connectivity index (χ0) is 17.7. The molecule has 1 heterocycles. The number of halogens is 4. The Morgan fingerprint density at radius 3 is 2.38 bits per heavy atom. The summed E-state index contributed by atoms with van der Waals surface area (Å²) < 4.78 is 42.2. The molecule has 0 radical (unpaired) electrons. The van der Waals surface area contributed by atoms with Gasteiger partial charge in [0.05, 0.1) is 11.7 Å². The molecule has 2 rings (SSSR count). The molecule has 0 fully saturated rings. The Labute approximate surface area is 143 Å². The highest BCUT2D eigenvalue weighted by molar-refractivity contribution is 6.33. The predicted octanol–water partition coefficient (Wildman–Crippen LogP) is 5.33. The molecule has 0 saturated carbocycles. The molecule has 0 aliphatic heterocycles. The van der Waals surface area contributed by atoms with Crippen molar-refractivity contribution in [2.24, 2.45) is 0 Å². The van der Waals surface area contributed by atoms with E-state index in [0.717, 1.165) is 5.56 Å². The molecule has 0 aliphatic carbocycles. The third-order valence-corrected chi connectivity index (χ3v) is 3.79. The second-order valence-corrected chi connectivity index (χ2v) is 5.47. The van der Waals surface area contributed by atoms with E-state index < -0.39 is 12.8 Å². The van der Waals surface area contributed by atoms with Gasteiger partial charge in [0, 0.05) is 0 Å². The summed E-state index contributed by atoms with van der Waals surface area (Å²) in [4.78, 5) is 7.88. The minimum Gasteiger partial charge on any atom is -0.435 e. The van der Waals surface area contributed by atoms with Crippen LogP contribution in [0.2, 0.25) is 5.02 Å². The summed E-state index contributed by atoms with van der Waals surface area (Å²) in [6, 6.07) is 6.09. The maximum Gasteiger partial charge on any atom is 0.387 e. The predicted molar refractivity (Wildman–Crippen MR) is 86.3 cm³/mol. The minimum absolute atomic E-state index is 0.0808. The van der Waals surface area contributed by atoms with E-state index in [2.05, 4.69) is 20.0 Å². The van der Waals surface area contributed by atoms with Gasteiger partial charge >= 0.3 is 6.61 Å². The van der Waals surface area contributed by atoms with Crippen LogP contribution in [-0.4, -0.2) is 16.6 Å². The first kappa shape index (κ1) is 18.3. The molecule has 1 aromatic carbocycles. The topological polar surface area (TPSA) is 47.0 Å². The number of nitrogens with one attached hydrogen (secondary N) is 1. The van der Waals surface area contributed by atoms with Gasteiger partial charge in [0.15, 0.2) is 0 Å². The van der Waals surface area contributed by atoms with E-state index in [1.54, 1.807) is 12.1 Å². The van der Waals surface area contributed by atoms with Gasteiger partial charge in [-0.05, 0) is 31.0 Å². The van der Waals surface area contributed by atoms with Gasteiger partial charge in [-0.2, -0.15) is 8.78 Å². The maximum atomic E-state index is 13.5. The lowest BCUT2D eigenvalue weighted by Crippen LogP contribution is -2.12. The molecule has 2 unspecified atom stereocenters. The van der Waals surface area contributed by atoms with Gasteiger partial charge in [0.25, 0.3) is 0 Å². The van der Waals surface area contributed by atoms with Gasteiger partial charge in [0.1, 0.15) is 29.1 Å². The fourth-order valence-electron chi connectivity index (χ4n) is 2.23. The van der Waals surface area contributed by atoms with Crippen molar-refractivity contribution >= 4 is 17.4 Å². The molecular weight excluding hydrogens is 343 g/mol. The number of nitrogens with zero attached hydrogens (tertiary/aromatic N) is 2. The van der Waals surface area contributed by atoms with E-state index in [4.69, 9.17) is 11.6 Å². The number of rotatable bonds is 7. The van der Waals surface area contributed by atoms with E-state index in [1.807, 2.05) is 6.92 Å². The molecule has 0 amide bonds. The van der Waals surface area contributed by atoms with Crippen LogP contribution in [0.5, 0.6) is 5.75 Å². The molecule has 8 heteroatoms. The molecule has 1 N–H and O–H groups in total. The van der Waals surface area contributed by atoms with E-state index >= 15 is 0 Å². The minimum atomic E-state index is -2.86. The lowest BCUT2D eigenvalue weighted by Gasteiger charge is -2.20. The van der Waals surface area contributed by atoms with Gasteiger partial charge in [-0.15, -0.1) is 0 Å². The Hall–Kier alpha value is -2.02. The van der Waals surface area contributed by atoms with Gasteiger partial charge < -0.3 is 10.1 Å². The second-order valence-electron chi connectivity index (χ2n) is 5.09. The quantitative estimate of drug-likeness (QED) is 0.726. The van der Waals surface area contributed by atoms with Crippen molar-refractivity contribution < 1.29 is 17.9 Å². The molecule has 1 aromatic heterocycles. The van der Waals surface area contributed by atoms with Crippen LogP contribution in [0.25, 0.3) is 0 Å². The summed E-state index contributed by atoms with van der Waals surface area (Å²) in [7, 11) is 0. The largest absolute Gasteiger partial charge is 0.435 e. The van der Waals surface area contributed by atoms with Crippen molar-refractivity contribution in [3.05, 3.63) is 46.9 Å². The summed E-state index contributed by atoms with van der Waals surface area (Å²) >= 11 is 6.14. The van der Waals surface area contributed by atoms with Gasteiger partial charge in [0.2, 0.25) is 0 Å². The van der Waals surface area contributed by atoms with Crippen LogP contribution < -0.4 is 10.1 Å². The molecule has 24 heavy (non-hydrogen) atoms. The average molecular weight is 360 g/mol. The Bertz CT molecular complexity index is 668. The van der Waals surface area contributed by atoms with Crippen molar-refractivity contribution in [1.82, 2.24) is 9.97 Å². The molecule has 2 aromatic rings. The first-order chi connectivity index (χ1) is 11.4. The summed E-state index contributed by atoms with van der Waals surface area (Å²) in [5.41, 5.74) is 0.952. The number of ether oxygens (including phenoxy) is 1. The number of alkyl halides is 3. The second kappa shape index (κ2) is 8.19. The van der Waals surface area contributed by atoms with Crippen LogP contribution in [-0.2, 0) is 0 Å². The Morgan fingerprint density at radius 2 is 1.83 bits per heavy atom. The van der Waals surface area contributed by atoms with Crippen molar-refractivity contribution in [2.45, 2.75) is 39.1 Å². The molecule has 2 atom stereocenters. The molecule has 4 nitrogen and oxygen atoms in total. The summed E-state index contributed by atoms with van der Waals surface area (Å²) in [6.07, 6.45) is 0.605. The first-order valence-corrected chi connectivity index (χ1v) is 7.76. The Morgan fingerprint density at radius 1 is 1.17 bits per heavy atom. The summed E-state index contributed by atoms with van der Waals surface area (Å²) in [6.45, 7) is 0.420. The van der Waals surface area contributed by atoms with Crippen LogP contribution in [0.1, 0.15) is 43.7 Å². The summed E-state index contributed by atoms with van der Waals surface area (Å²) in [5.74, 6) is 0.406. The fraction of sp³-hybridized carbons (Fsp3) is 0.375. The van der Waals surface area contributed by atoms with Crippen LogP contribution in [0.4, 0.5) is 19.0 Å². The van der Waals surface area contributed by atoms with Crippen molar-refractivity contribution in [3.8, 4) is 5.75 Å². The van der Waals surface area contributed by atoms with Gasteiger partial charge in [-0.3, -0.25) is 0 Å². The normalized spacial score (nSPS) is 13.6. The smallest absolute Gasteiger partial charge is 0.387 e. The zero-order valence-corrected chi connectivity index (χ0v) is 13.9. The fourth-order valence-corrected chi connectivity index (χ4v) is 2.53. The Kier molecular flexibility index (Phi) is 6.25. The Balaban J connectivity index is 2.19. The molecule has 0 saturated heterocycles. The number of hydrogen-bond donors (Lipinski definition) is 1. The van der Waals surface area contributed by atoms with Crippen LogP contribution >= 0.6 is 11.6 Å². The van der Waals surface area contributed by atoms with E-state index in [9.17, 15) is 13.2 Å². The molecule has 0 spiro atoms. The summed E-state index contributed by atoms with van der Waals surface area (Å²) in [5, 5.41) is 3.26. The third kappa shape index (κ3) is 4.50.